The minimum Gasteiger partial charge on any atom is -0.368 e. The molecule has 5 rings (SSSR count). The number of hydrogen-bond donors (Lipinski definition) is 1. The highest BCUT2D eigenvalue weighted by Crippen LogP contribution is 2.25. The summed E-state index contributed by atoms with van der Waals surface area (Å²) in [5.41, 5.74) is 3.49. The molecule has 8 nitrogen and oxygen atoms in total. The summed E-state index contributed by atoms with van der Waals surface area (Å²) >= 11 is 6.16. The molecule has 1 aliphatic rings. The Balaban J connectivity index is 1.29. The summed E-state index contributed by atoms with van der Waals surface area (Å²) in [5, 5.41) is 8.74. The number of para-hydroxylation sites is 1. The van der Waals surface area contributed by atoms with Gasteiger partial charge >= 0.3 is 0 Å². The molecular weight excluding hydrogens is 438 g/mol. The second-order valence-electron chi connectivity index (χ2n) is 8.06. The highest BCUT2D eigenvalue weighted by Gasteiger charge is 2.22. The van der Waals surface area contributed by atoms with Crippen molar-refractivity contribution in [3.8, 4) is 0 Å². The van der Waals surface area contributed by atoms with E-state index in [4.69, 9.17) is 11.6 Å². The van der Waals surface area contributed by atoms with E-state index in [1.807, 2.05) is 25.1 Å². The quantitative estimate of drug-likeness (QED) is 0.487. The number of piperazine rings is 1. The van der Waals surface area contributed by atoms with Crippen molar-refractivity contribution in [1.29, 1.82) is 0 Å². The van der Waals surface area contributed by atoms with E-state index in [0.717, 1.165) is 42.9 Å². The zero-order valence-electron chi connectivity index (χ0n) is 18.3. The Labute approximate surface area is 196 Å². The largest absolute Gasteiger partial charge is 0.368 e. The van der Waals surface area contributed by atoms with Crippen LogP contribution >= 0.6 is 11.6 Å². The summed E-state index contributed by atoms with van der Waals surface area (Å²) in [7, 11) is 0. The Morgan fingerprint density at radius 3 is 2.55 bits per heavy atom. The smallest absolute Gasteiger partial charge is 0.246 e. The third-order valence-electron chi connectivity index (χ3n) is 5.86. The molecule has 1 amide bonds. The van der Waals surface area contributed by atoms with Crippen LogP contribution in [-0.2, 0) is 11.3 Å². The standard InChI is InChI=1S/C24H24ClN7O/c1-17-7-8-18(13-21(17)25)29-22(33)15-32-24-20(14-28-32)23(26-16-27-24)31-11-9-30(10-12-31)19-5-3-2-4-6-19/h2-8,13-14,16H,9-12,15H2,1H3,(H,29,33). The number of aromatic nitrogens is 4. The van der Waals surface area contributed by atoms with Crippen molar-refractivity contribution in [2.24, 2.45) is 0 Å². The number of anilines is 3. The number of hydrogen-bond acceptors (Lipinski definition) is 6. The SMILES string of the molecule is Cc1ccc(NC(=O)Cn2ncc3c(N4CCN(c5ccccc5)CC4)ncnc32)cc1Cl. The van der Waals surface area contributed by atoms with Crippen LogP contribution in [0.4, 0.5) is 17.2 Å². The average Bonchev–Trinajstić information content (AvgIpc) is 3.25. The lowest BCUT2D eigenvalue weighted by atomic mass is 10.2. The van der Waals surface area contributed by atoms with Gasteiger partial charge in [-0.3, -0.25) is 4.79 Å². The Kier molecular flexibility index (Phi) is 5.83. The second-order valence-corrected chi connectivity index (χ2v) is 8.47. The van der Waals surface area contributed by atoms with Gasteiger partial charge in [-0.25, -0.2) is 14.6 Å². The lowest BCUT2D eigenvalue weighted by molar-refractivity contribution is -0.116. The minimum absolute atomic E-state index is 0.0488. The van der Waals surface area contributed by atoms with Gasteiger partial charge in [0, 0.05) is 42.6 Å². The van der Waals surface area contributed by atoms with E-state index in [0.29, 0.717) is 16.4 Å². The molecule has 3 heterocycles. The number of carbonyl (C=O) groups excluding carboxylic acids is 1. The number of nitrogens with zero attached hydrogens (tertiary/aromatic N) is 6. The van der Waals surface area contributed by atoms with Gasteiger partial charge in [0.15, 0.2) is 5.65 Å². The number of fused-ring (bicyclic) bond motifs is 1. The van der Waals surface area contributed by atoms with Crippen LogP contribution in [0.15, 0.2) is 61.1 Å². The van der Waals surface area contributed by atoms with Crippen LogP contribution in [0, 0.1) is 6.92 Å². The van der Waals surface area contributed by atoms with Gasteiger partial charge in [-0.15, -0.1) is 0 Å². The molecular formula is C24H24ClN7O. The lowest BCUT2D eigenvalue weighted by Crippen LogP contribution is -2.46. The minimum atomic E-state index is -0.198. The summed E-state index contributed by atoms with van der Waals surface area (Å²) in [6.45, 7) is 5.48. The molecule has 0 saturated carbocycles. The Hall–Kier alpha value is -3.65. The summed E-state index contributed by atoms with van der Waals surface area (Å²) in [6.07, 6.45) is 3.28. The molecule has 0 unspecified atom stereocenters. The molecule has 0 bridgehead atoms. The maximum Gasteiger partial charge on any atom is 0.246 e. The van der Waals surface area contributed by atoms with Crippen LogP contribution in [0.2, 0.25) is 5.02 Å². The van der Waals surface area contributed by atoms with Crippen molar-refractivity contribution in [2.75, 3.05) is 41.3 Å². The van der Waals surface area contributed by atoms with Gasteiger partial charge in [0.2, 0.25) is 5.91 Å². The van der Waals surface area contributed by atoms with Crippen LogP contribution in [0.1, 0.15) is 5.56 Å². The number of benzene rings is 2. The molecule has 4 aromatic rings. The van der Waals surface area contributed by atoms with Crippen molar-refractivity contribution in [3.63, 3.8) is 0 Å². The van der Waals surface area contributed by atoms with Crippen molar-refractivity contribution in [2.45, 2.75) is 13.5 Å². The number of amides is 1. The third kappa shape index (κ3) is 4.47. The molecule has 0 radical (unpaired) electrons. The van der Waals surface area contributed by atoms with E-state index in [9.17, 15) is 4.79 Å². The number of halogens is 1. The first-order valence-electron chi connectivity index (χ1n) is 10.9. The maximum atomic E-state index is 12.6. The van der Waals surface area contributed by atoms with Gasteiger partial charge in [0.05, 0.1) is 11.6 Å². The zero-order chi connectivity index (χ0) is 22.8. The summed E-state index contributed by atoms with van der Waals surface area (Å²) in [4.78, 5) is 26.2. The van der Waals surface area contributed by atoms with Gasteiger partial charge in [-0.1, -0.05) is 35.9 Å². The van der Waals surface area contributed by atoms with Crippen molar-refractivity contribution in [3.05, 3.63) is 71.6 Å². The Morgan fingerprint density at radius 2 is 1.79 bits per heavy atom. The van der Waals surface area contributed by atoms with Crippen molar-refractivity contribution in [1.82, 2.24) is 19.7 Å². The molecule has 9 heteroatoms. The van der Waals surface area contributed by atoms with Crippen LogP contribution in [0.25, 0.3) is 11.0 Å². The molecule has 2 aromatic carbocycles. The van der Waals surface area contributed by atoms with E-state index in [2.05, 4.69) is 54.4 Å². The van der Waals surface area contributed by atoms with Crippen LogP contribution in [0.5, 0.6) is 0 Å². The zero-order valence-corrected chi connectivity index (χ0v) is 19.0. The fraction of sp³-hybridized carbons (Fsp3) is 0.250. The summed E-state index contributed by atoms with van der Waals surface area (Å²) < 4.78 is 1.60. The fourth-order valence-corrected chi connectivity index (χ4v) is 4.25. The molecule has 168 valence electrons. The first-order valence-corrected chi connectivity index (χ1v) is 11.2. The first-order chi connectivity index (χ1) is 16.1. The lowest BCUT2D eigenvalue weighted by Gasteiger charge is -2.36. The van der Waals surface area contributed by atoms with Crippen molar-refractivity contribution >= 4 is 45.7 Å². The van der Waals surface area contributed by atoms with Crippen LogP contribution in [-0.4, -0.2) is 51.8 Å². The van der Waals surface area contributed by atoms with E-state index in [1.54, 1.807) is 16.9 Å². The Morgan fingerprint density at radius 1 is 1.03 bits per heavy atom. The highest BCUT2D eigenvalue weighted by molar-refractivity contribution is 6.31. The monoisotopic (exact) mass is 461 g/mol. The third-order valence-corrected chi connectivity index (χ3v) is 6.27. The molecule has 0 atom stereocenters. The van der Waals surface area contributed by atoms with Gasteiger partial charge in [0.1, 0.15) is 18.7 Å². The molecule has 1 fully saturated rings. The molecule has 0 spiro atoms. The van der Waals surface area contributed by atoms with E-state index in [1.165, 1.54) is 12.0 Å². The molecule has 33 heavy (non-hydrogen) atoms. The molecule has 0 aliphatic carbocycles. The van der Waals surface area contributed by atoms with Gasteiger partial charge in [0.25, 0.3) is 0 Å². The van der Waals surface area contributed by atoms with Gasteiger partial charge < -0.3 is 15.1 Å². The topological polar surface area (TPSA) is 79.2 Å². The summed E-state index contributed by atoms with van der Waals surface area (Å²) in [5.74, 6) is 0.654. The Bertz CT molecular complexity index is 1280. The van der Waals surface area contributed by atoms with Crippen LogP contribution in [0.3, 0.4) is 0 Å². The predicted octanol–water partition coefficient (Wildman–Crippen LogP) is 3.75. The normalized spacial score (nSPS) is 14.0. The van der Waals surface area contributed by atoms with E-state index in [-0.39, 0.29) is 12.5 Å². The number of carbonyl (C=O) groups is 1. The van der Waals surface area contributed by atoms with Crippen LogP contribution < -0.4 is 15.1 Å². The average molecular weight is 462 g/mol. The second kappa shape index (κ2) is 9.07. The number of nitrogens with one attached hydrogen (secondary N) is 1. The van der Waals surface area contributed by atoms with E-state index >= 15 is 0 Å². The van der Waals surface area contributed by atoms with Crippen molar-refractivity contribution < 1.29 is 4.79 Å². The van der Waals surface area contributed by atoms with Gasteiger partial charge in [-0.2, -0.15) is 5.10 Å². The molecule has 1 aliphatic heterocycles. The van der Waals surface area contributed by atoms with E-state index < -0.39 is 0 Å². The summed E-state index contributed by atoms with van der Waals surface area (Å²) in [6, 6.07) is 15.9. The molecule has 1 N–H and O–H groups in total. The van der Waals surface area contributed by atoms with Gasteiger partial charge in [-0.05, 0) is 36.8 Å². The number of aryl methyl sites for hydroxylation is 1. The predicted molar refractivity (Wildman–Crippen MR) is 131 cm³/mol. The molecule has 1 saturated heterocycles. The fourth-order valence-electron chi connectivity index (χ4n) is 4.07. The number of rotatable bonds is 5. The highest BCUT2D eigenvalue weighted by atomic mass is 35.5. The first kappa shape index (κ1) is 21.2. The maximum absolute atomic E-state index is 12.6. The molecule has 2 aromatic heterocycles.